The minimum absolute atomic E-state index is 0.453. The Hall–Kier alpha value is -2.20. The Balaban J connectivity index is 1.53. The van der Waals surface area contributed by atoms with Crippen molar-refractivity contribution in [3.63, 3.8) is 0 Å². The minimum atomic E-state index is 0.453. The van der Waals surface area contributed by atoms with Gasteiger partial charge in [0.2, 0.25) is 0 Å². The fourth-order valence-corrected chi connectivity index (χ4v) is 3.61. The van der Waals surface area contributed by atoms with Crippen molar-refractivity contribution in [1.82, 2.24) is 0 Å². The van der Waals surface area contributed by atoms with Gasteiger partial charge in [0.1, 0.15) is 11.5 Å². The Morgan fingerprint density at radius 2 is 1.54 bits per heavy atom. The molecule has 1 fully saturated rings. The monoisotopic (exact) mass is 354 g/mol. The van der Waals surface area contributed by atoms with E-state index in [1.54, 1.807) is 18.2 Å². The number of hydrogen-bond acceptors (Lipinski definition) is 4. The van der Waals surface area contributed by atoms with Gasteiger partial charge in [-0.3, -0.25) is 0 Å². The predicted octanol–water partition coefficient (Wildman–Crippen LogP) is 5.49. The van der Waals surface area contributed by atoms with E-state index in [1.165, 1.54) is 31.2 Å². The molecule has 1 saturated carbocycles. The summed E-state index contributed by atoms with van der Waals surface area (Å²) in [6.07, 6.45) is 7.54. The van der Waals surface area contributed by atoms with E-state index in [4.69, 9.17) is 20.9 Å². The van der Waals surface area contributed by atoms with Crippen LogP contribution >= 0.6 is 0 Å². The second-order valence-corrected chi connectivity index (χ2v) is 7.20. The van der Waals surface area contributed by atoms with Crippen molar-refractivity contribution < 1.29 is 9.47 Å². The number of unbranched alkanes of at least 4 members (excludes halogenated alkanes) is 1. The zero-order valence-electron chi connectivity index (χ0n) is 15.6. The first-order valence-electron chi connectivity index (χ1n) is 9.69. The molecular weight excluding hydrogens is 324 g/mol. The lowest BCUT2D eigenvalue weighted by Gasteiger charge is -2.29. The summed E-state index contributed by atoms with van der Waals surface area (Å²) in [5.41, 5.74) is 14.2. The van der Waals surface area contributed by atoms with Gasteiger partial charge in [-0.15, -0.1) is 0 Å². The first-order chi connectivity index (χ1) is 12.6. The summed E-state index contributed by atoms with van der Waals surface area (Å²) < 4.78 is 11.8. The van der Waals surface area contributed by atoms with Crippen molar-refractivity contribution in [3.8, 4) is 11.5 Å². The molecule has 0 bridgehead atoms. The molecule has 0 aliphatic heterocycles. The van der Waals surface area contributed by atoms with E-state index in [-0.39, 0.29) is 0 Å². The molecule has 0 radical (unpaired) electrons. The molecule has 4 nitrogen and oxygen atoms in total. The van der Waals surface area contributed by atoms with Crippen LogP contribution in [0.3, 0.4) is 0 Å². The van der Waals surface area contributed by atoms with E-state index in [0.717, 1.165) is 25.2 Å². The van der Waals surface area contributed by atoms with Gasteiger partial charge in [0, 0.05) is 30.1 Å². The van der Waals surface area contributed by atoms with E-state index in [2.05, 4.69) is 19.1 Å². The first kappa shape index (κ1) is 18.6. The summed E-state index contributed by atoms with van der Waals surface area (Å²) in [4.78, 5) is 0. The van der Waals surface area contributed by atoms with E-state index in [1.807, 2.05) is 12.1 Å². The summed E-state index contributed by atoms with van der Waals surface area (Å²) in [6.45, 7) is 3.11. The summed E-state index contributed by atoms with van der Waals surface area (Å²) in [5, 5.41) is 0. The molecule has 3 rings (SSSR count). The molecule has 0 saturated heterocycles. The third kappa shape index (κ3) is 5.15. The predicted molar refractivity (Wildman–Crippen MR) is 108 cm³/mol. The molecule has 4 N–H and O–H groups in total. The lowest BCUT2D eigenvalue weighted by molar-refractivity contribution is 0.0232. The quantitative estimate of drug-likeness (QED) is 0.510. The molecule has 140 valence electrons. The molecule has 0 amide bonds. The highest BCUT2D eigenvalue weighted by Crippen LogP contribution is 2.35. The Morgan fingerprint density at radius 3 is 2.15 bits per heavy atom. The first-order valence-corrected chi connectivity index (χ1v) is 9.69. The fraction of sp³-hybridized carbons (Fsp3) is 0.455. The molecule has 0 spiro atoms. The third-order valence-electron chi connectivity index (χ3n) is 5.06. The summed E-state index contributed by atoms with van der Waals surface area (Å²) in [5.74, 6) is 2.09. The number of ether oxygens (including phenoxy) is 2. The molecular formula is C22H30N2O2. The number of nitrogen functional groups attached to an aromatic ring is 2. The highest BCUT2D eigenvalue weighted by Gasteiger charge is 2.22. The molecule has 2 aromatic carbocycles. The zero-order valence-corrected chi connectivity index (χ0v) is 15.6. The molecule has 2 aromatic rings. The largest absolute Gasteiger partial charge is 0.457 e. The van der Waals surface area contributed by atoms with E-state index in [9.17, 15) is 0 Å². The van der Waals surface area contributed by atoms with Gasteiger partial charge in [-0.25, -0.2) is 0 Å². The van der Waals surface area contributed by atoms with Gasteiger partial charge in [0.05, 0.1) is 6.10 Å². The molecule has 0 atom stereocenters. The van der Waals surface area contributed by atoms with Crippen molar-refractivity contribution in [2.75, 3.05) is 18.1 Å². The van der Waals surface area contributed by atoms with Crippen molar-refractivity contribution in [3.05, 3.63) is 48.0 Å². The molecule has 1 aliphatic carbocycles. The van der Waals surface area contributed by atoms with Crippen molar-refractivity contribution in [2.24, 2.45) is 0 Å². The van der Waals surface area contributed by atoms with Crippen LogP contribution in [0.4, 0.5) is 11.4 Å². The highest BCUT2D eigenvalue weighted by atomic mass is 16.5. The van der Waals surface area contributed by atoms with Crippen LogP contribution < -0.4 is 16.2 Å². The Kier molecular flexibility index (Phi) is 6.40. The third-order valence-corrected chi connectivity index (χ3v) is 5.06. The van der Waals surface area contributed by atoms with Crippen LogP contribution in [0.15, 0.2) is 42.5 Å². The van der Waals surface area contributed by atoms with Crippen LogP contribution in [0.1, 0.15) is 56.9 Å². The average molecular weight is 354 g/mol. The van der Waals surface area contributed by atoms with Gasteiger partial charge in [0.15, 0.2) is 0 Å². The Labute approximate surface area is 156 Å². The summed E-state index contributed by atoms with van der Waals surface area (Å²) >= 11 is 0. The maximum Gasteiger partial charge on any atom is 0.131 e. The zero-order chi connectivity index (χ0) is 18.4. The molecule has 0 unspecified atom stereocenters. The van der Waals surface area contributed by atoms with Gasteiger partial charge in [0.25, 0.3) is 0 Å². The van der Waals surface area contributed by atoms with Crippen LogP contribution in [0.25, 0.3) is 0 Å². The van der Waals surface area contributed by atoms with Gasteiger partial charge in [-0.05, 0) is 61.8 Å². The Bertz CT molecular complexity index is 672. The van der Waals surface area contributed by atoms with Crippen LogP contribution in [0.2, 0.25) is 0 Å². The second-order valence-electron chi connectivity index (χ2n) is 7.20. The van der Waals surface area contributed by atoms with Crippen LogP contribution in [-0.2, 0) is 4.74 Å². The van der Waals surface area contributed by atoms with Gasteiger partial charge >= 0.3 is 0 Å². The normalized spacial score (nSPS) is 20.0. The van der Waals surface area contributed by atoms with Crippen LogP contribution in [-0.4, -0.2) is 12.7 Å². The topological polar surface area (TPSA) is 70.5 Å². The van der Waals surface area contributed by atoms with Crippen LogP contribution in [0.5, 0.6) is 11.5 Å². The standard InChI is InChI=1S/C22H30N2O2/c1-2-3-12-25-20-8-4-16(5-9-20)17-6-10-21(11-7-17)26-22-14-18(23)13-19(24)15-22/h6-7,10-11,13-16,20H,2-5,8-9,12,23-24H2,1H3. The molecule has 26 heavy (non-hydrogen) atoms. The molecule has 0 aromatic heterocycles. The Morgan fingerprint density at radius 1 is 0.885 bits per heavy atom. The van der Waals surface area contributed by atoms with Gasteiger partial charge in [-0.2, -0.15) is 0 Å². The van der Waals surface area contributed by atoms with Gasteiger partial charge < -0.3 is 20.9 Å². The lowest BCUT2D eigenvalue weighted by Crippen LogP contribution is -2.21. The van der Waals surface area contributed by atoms with E-state index in [0.29, 0.717) is 29.1 Å². The van der Waals surface area contributed by atoms with E-state index < -0.39 is 0 Å². The summed E-state index contributed by atoms with van der Waals surface area (Å²) in [7, 11) is 0. The smallest absolute Gasteiger partial charge is 0.131 e. The number of anilines is 2. The maximum atomic E-state index is 5.97. The van der Waals surface area contributed by atoms with Crippen LogP contribution in [0, 0.1) is 0 Å². The van der Waals surface area contributed by atoms with Crippen molar-refractivity contribution in [2.45, 2.75) is 57.5 Å². The SMILES string of the molecule is CCCCOC1CCC(c2ccc(Oc3cc(N)cc(N)c3)cc2)CC1. The van der Waals surface area contributed by atoms with Crippen molar-refractivity contribution >= 4 is 11.4 Å². The van der Waals surface area contributed by atoms with Gasteiger partial charge in [-0.1, -0.05) is 25.5 Å². The molecule has 4 heteroatoms. The number of nitrogens with two attached hydrogens (primary N) is 2. The number of rotatable bonds is 7. The molecule has 0 heterocycles. The minimum Gasteiger partial charge on any atom is -0.457 e. The summed E-state index contributed by atoms with van der Waals surface area (Å²) in [6, 6.07) is 13.7. The highest BCUT2D eigenvalue weighted by molar-refractivity contribution is 5.57. The average Bonchev–Trinajstić information content (AvgIpc) is 2.62. The lowest BCUT2D eigenvalue weighted by atomic mass is 9.83. The number of benzene rings is 2. The molecule has 1 aliphatic rings. The number of hydrogen-bond donors (Lipinski definition) is 2. The van der Waals surface area contributed by atoms with Crippen molar-refractivity contribution in [1.29, 1.82) is 0 Å². The maximum absolute atomic E-state index is 5.97. The second kappa shape index (κ2) is 8.95. The fourth-order valence-electron chi connectivity index (χ4n) is 3.61. The van der Waals surface area contributed by atoms with E-state index >= 15 is 0 Å².